The summed E-state index contributed by atoms with van der Waals surface area (Å²) in [5.41, 5.74) is 0.733. The molecule has 1 aliphatic heterocycles. The molecule has 2 heterocycles. The third-order valence-corrected chi connectivity index (χ3v) is 3.65. The van der Waals surface area contributed by atoms with Crippen LogP contribution < -0.4 is 4.90 Å². The summed E-state index contributed by atoms with van der Waals surface area (Å²) < 4.78 is 45.8. The molecule has 0 bridgehead atoms. The number of ether oxygens (including phenoxy) is 1. The highest BCUT2D eigenvalue weighted by Gasteiger charge is 2.25. The summed E-state index contributed by atoms with van der Waals surface area (Å²) in [6.07, 6.45) is 2.63. The third-order valence-electron chi connectivity index (χ3n) is 3.43. The molecule has 0 atom stereocenters. The van der Waals surface area contributed by atoms with E-state index in [1.54, 1.807) is 12.1 Å². The fourth-order valence-corrected chi connectivity index (χ4v) is 2.38. The average Bonchev–Trinajstić information content (AvgIpc) is 2.99. The Kier molecular flexibility index (Phi) is 4.44. The van der Waals surface area contributed by atoms with Crippen molar-refractivity contribution < 1.29 is 22.7 Å². The topological polar surface area (TPSA) is 42.4 Å². The Labute approximate surface area is 140 Å². The summed E-state index contributed by atoms with van der Waals surface area (Å²) in [6, 6.07) is 5.11. The number of carbonyl (C=O) groups excluding carboxylic acids is 1. The number of rotatable bonds is 4. The van der Waals surface area contributed by atoms with Gasteiger partial charge < -0.3 is 9.64 Å². The summed E-state index contributed by atoms with van der Waals surface area (Å²) in [5, 5.41) is 0.280. The average molecular weight is 355 g/mol. The molecule has 24 heavy (non-hydrogen) atoms. The highest BCUT2D eigenvalue weighted by atomic mass is 35.5. The Hall–Kier alpha value is -2.54. The van der Waals surface area contributed by atoms with Crippen LogP contribution in [0.4, 0.5) is 18.9 Å². The molecule has 4 nitrogen and oxygen atoms in total. The van der Waals surface area contributed by atoms with E-state index < -0.39 is 23.4 Å². The second-order valence-corrected chi connectivity index (χ2v) is 5.40. The fraction of sp³-hybridized carbons (Fsp3) is 0.125. The molecule has 8 heteroatoms. The maximum absolute atomic E-state index is 14.2. The van der Waals surface area contributed by atoms with Crippen LogP contribution >= 0.6 is 11.6 Å². The van der Waals surface area contributed by atoms with E-state index in [4.69, 9.17) is 16.3 Å². The Bertz CT molecular complexity index is 825. The molecule has 0 fully saturated rings. The Morgan fingerprint density at radius 3 is 2.58 bits per heavy atom. The van der Waals surface area contributed by atoms with E-state index in [9.17, 15) is 18.0 Å². The maximum Gasteiger partial charge on any atom is 0.333 e. The minimum atomic E-state index is -1.59. The molecule has 0 saturated carbocycles. The minimum absolute atomic E-state index is 0.0641. The van der Waals surface area contributed by atoms with Crippen molar-refractivity contribution in [3.8, 4) is 0 Å². The number of aromatic nitrogens is 1. The zero-order chi connectivity index (χ0) is 17.3. The van der Waals surface area contributed by atoms with Crippen LogP contribution in [0.1, 0.15) is 5.56 Å². The van der Waals surface area contributed by atoms with Crippen molar-refractivity contribution in [3.63, 3.8) is 0 Å². The van der Waals surface area contributed by atoms with Crippen molar-refractivity contribution in [2.45, 2.75) is 6.54 Å². The summed E-state index contributed by atoms with van der Waals surface area (Å²) in [7, 11) is 0. The minimum Gasteiger partial charge on any atom is -0.456 e. The van der Waals surface area contributed by atoms with E-state index >= 15 is 0 Å². The van der Waals surface area contributed by atoms with Gasteiger partial charge in [-0.15, -0.1) is 0 Å². The van der Waals surface area contributed by atoms with Gasteiger partial charge in [0.1, 0.15) is 11.8 Å². The zero-order valence-electron chi connectivity index (χ0n) is 12.1. The summed E-state index contributed by atoms with van der Waals surface area (Å²) in [6.45, 7) is -0.0348. The first-order chi connectivity index (χ1) is 11.5. The second kappa shape index (κ2) is 6.52. The van der Waals surface area contributed by atoms with E-state index in [0.29, 0.717) is 11.3 Å². The predicted octanol–water partition coefficient (Wildman–Crippen LogP) is 3.60. The number of halogens is 4. The van der Waals surface area contributed by atoms with E-state index in [1.165, 1.54) is 17.2 Å². The molecule has 0 unspecified atom stereocenters. The fourth-order valence-electron chi connectivity index (χ4n) is 2.27. The van der Waals surface area contributed by atoms with Gasteiger partial charge in [0, 0.05) is 18.8 Å². The van der Waals surface area contributed by atoms with Crippen LogP contribution in [0.15, 0.2) is 42.2 Å². The van der Waals surface area contributed by atoms with Gasteiger partial charge in [-0.2, -0.15) is 0 Å². The summed E-state index contributed by atoms with van der Waals surface area (Å²) in [4.78, 5) is 16.6. The highest BCUT2D eigenvalue weighted by molar-refractivity contribution is 6.29. The van der Waals surface area contributed by atoms with Crippen LogP contribution in [0.3, 0.4) is 0 Å². The Balaban J connectivity index is 2.02. The number of hydrogen-bond donors (Lipinski definition) is 0. The first-order valence-electron chi connectivity index (χ1n) is 6.84. The van der Waals surface area contributed by atoms with Crippen molar-refractivity contribution in [1.82, 2.24) is 4.98 Å². The molecule has 0 amide bonds. The SMILES string of the molecule is O=C1C=C(N(Cc2ccc(Cl)nc2)c2ccc(F)c(F)c2F)CO1. The summed E-state index contributed by atoms with van der Waals surface area (Å²) in [5.74, 6) is -4.82. The molecule has 3 rings (SSSR count). The van der Waals surface area contributed by atoms with Crippen LogP contribution in [-0.4, -0.2) is 17.6 Å². The van der Waals surface area contributed by atoms with E-state index in [1.807, 2.05) is 0 Å². The molecule has 2 aromatic rings. The number of anilines is 1. The van der Waals surface area contributed by atoms with Gasteiger partial charge in [0.2, 0.25) is 0 Å². The van der Waals surface area contributed by atoms with Crippen LogP contribution in [0.25, 0.3) is 0 Å². The highest BCUT2D eigenvalue weighted by Crippen LogP contribution is 2.29. The van der Waals surface area contributed by atoms with Crippen molar-refractivity contribution in [1.29, 1.82) is 0 Å². The molecular formula is C16H10ClF3N2O2. The van der Waals surface area contributed by atoms with Crippen LogP contribution in [0.5, 0.6) is 0 Å². The number of carbonyl (C=O) groups is 1. The maximum atomic E-state index is 14.2. The molecule has 0 spiro atoms. The smallest absolute Gasteiger partial charge is 0.333 e. The van der Waals surface area contributed by atoms with E-state index in [2.05, 4.69) is 4.98 Å². The van der Waals surface area contributed by atoms with Crippen LogP contribution in [-0.2, 0) is 16.1 Å². The van der Waals surface area contributed by atoms with Gasteiger partial charge in [0.05, 0.1) is 11.4 Å². The van der Waals surface area contributed by atoms with Crippen molar-refractivity contribution in [3.05, 3.63) is 70.4 Å². The van der Waals surface area contributed by atoms with Crippen molar-refractivity contribution in [2.75, 3.05) is 11.5 Å². The molecular weight excluding hydrogens is 345 g/mol. The molecule has 0 N–H and O–H groups in total. The largest absolute Gasteiger partial charge is 0.456 e. The van der Waals surface area contributed by atoms with Gasteiger partial charge in [0.15, 0.2) is 17.5 Å². The standard InChI is InChI=1S/C16H10ClF3N2O2/c17-13-4-1-9(6-21-13)7-22(10-5-14(23)24-8-10)12-3-2-11(18)15(19)16(12)20/h1-6H,7-8H2. The predicted molar refractivity (Wildman–Crippen MR) is 80.8 cm³/mol. The van der Waals surface area contributed by atoms with Gasteiger partial charge >= 0.3 is 5.97 Å². The first kappa shape index (κ1) is 16.3. The Morgan fingerprint density at radius 2 is 1.96 bits per heavy atom. The summed E-state index contributed by atoms with van der Waals surface area (Å²) >= 11 is 5.72. The van der Waals surface area contributed by atoms with Crippen molar-refractivity contribution >= 4 is 23.3 Å². The normalized spacial score (nSPS) is 13.7. The van der Waals surface area contributed by atoms with E-state index in [-0.39, 0.29) is 24.0 Å². The van der Waals surface area contributed by atoms with Gasteiger partial charge in [-0.05, 0) is 23.8 Å². The molecule has 0 aliphatic carbocycles. The lowest BCUT2D eigenvalue weighted by Crippen LogP contribution is -2.24. The van der Waals surface area contributed by atoms with Gasteiger partial charge in [-0.25, -0.2) is 22.9 Å². The van der Waals surface area contributed by atoms with E-state index in [0.717, 1.165) is 12.1 Å². The Morgan fingerprint density at radius 1 is 1.17 bits per heavy atom. The molecule has 0 radical (unpaired) electrons. The lowest BCUT2D eigenvalue weighted by molar-refractivity contribution is -0.134. The lowest BCUT2D eigenvalue weighted by atomic mass is 10.2. The van der Waals surface area contributed by atoms with Gasteiger partial charge in [-0.3, -0.25) is 0 Å². The number of hydrogen-bond acceptors (Lipinski definition) is 4. The number of nitrogens with zero attached hydrogens (tertiary/aromatic N) is 2. The van der Waals surface area contributed by atoms with Crippen LogP contribution in [0.2, 0.25) is 5.15 Å². The number of benzene rings is 1. The molecule has 1 aliphatic rings. The molecule has 1 aromatic heterocycles. The monoisotopic (exact) mass is 354 g/mol. The van der Waals surface area contributed by atoms with Gasteiger partial charge in [-0.1, -0.05) is 17.7 Å². The van der Waals surface area contributed by atoms with Crippen LogP contribution in [0, 0.1) is 17.5 Å². The first-order valence-corrected chi connectivity index (χ1v) is 7.22. The third kappa shape index (κ3) is 3.21. The molecule has 124 valence electrons. The number of pyridine rings is 1. The number of esters is 1. The quantitative estimate of drug-likeness (QED) is 0.478. The lowest BCUT2D eigenvalue weighted by Gasteiger charge is -2.25. The second-order valence-electron chi connectivity index (χ2n) is 5.01. The molecule has 1 aromatic carbocycles. The van der Waals surface area contributed by atoms with Crippen molar-refractivity contribution in [2.24, 2.45) is 0 Å². The van der Waals surface area contributed by atoms with Gasteiger partial charge in [0.25, 0.3) is 0 Å². The number of cyclic esters (lactones) is 1. The molecule has 0 saturated heterocycles. The zero-order valence-corrected chi connectivity index (χ0v) is 12.9.